The van der Waals surface area contributed by atoms with Crippen molar-refractivity contribution in [3.63, 3.8) is 0 Å². The smallest absolute Gasteiger partial charge is 0.264 e. The molecule has 0 radical (unpaired) electrons. The number of hydrogen-bond acceptors (Lipinski definition) is 4. The minimum atomic E-state index is -3.99. The van der Waals surface area contributed by atoms with Crippen molar-refractivity contribution in [2.75, 3.05) is 22.7 Å². The van der Waals surface area contributed by atoms with E-state index in [4.69, 9.17) is 0 Å². The fourth-order valence-corrected chi connectivity index (χ4v) is 4.52. The third-order valence-corrected chi connectivity index (χ3v) is 6.43. The molecule has 0 aliphatic rings. The largest absolute Gasteiger partial charge is 0.352 e. The number of nitrogens with zero attached hydrogens (tertiary/aromatic N) is 1. The molecule has 0 saturated carbocycles. The quantitative estimate of drug-likeness (QED) is 0.519. The topological polar surface area (TPSA) is 95.6 Å². The number of anilines is 2. The van der Waals surface area contributed by atoms with E-state index in [1.807, 2.05) is 6.92 Å². The van der Waals surface area contributed by atoms with Crippen LogP contribution in [0.5, 0.6) is 0 Å². The van der Waals surface area contributed by atoms with Gasteiger partial charge in [-0.1, -0.05) is 55.5 Å². The number of amides is 2. The van der Waals surface area contributed by atoms with Gasteiger partial charge in [0.25, 0.3) is 15.9 Å². The first-order chi connectivity index (χ1) is 15.4. The van der Waals surface area contributed by atoms with Gasteiger partial charge < -0.3 is 10.6 Å². The third kappa shape index (κ3) is 5.53. The van der Waals surface area contributed by atoms with E-state index in [2.05, 4.69) is 10.6 Å². The van der Waals surface area contributed by atoms with Gasteiger partial charge in [-0.25, -0.2) is 8.42 Å². The Balaban J connectivity index is 1.87. The van der Waals surface area contributed by atoms with Crippen molar-refractivity contribution in [2.45, 2.75) is 18.2 Å². The minimum Gasteiger partial charge on any atom is -0.352 e. The van der Waals surface area contributed by atoms with Gasteiger partial charge >= 0.3 is 0 Å². The Morgan fingerprint density at radius 3 is 2.09 bits per heavy atom. The highest BCUT2D eigenvalue weighted by atomic mass is 32.2. The normalized spacial score (nSPS) is 10.9. The molecule has 3 aromatic carbocycles. The van der Waals surface area contributed by atoms with E-state index >= 15 is 0 Å². The highest BCUT2D eigenvalue weighted by molar-refractivity contribution is 7.92. The van der Waals surface area contributed by atoms with Crippen LogP contribution in [0.15, 0.2) is 89.8 Å². The summed E-state index contributed by atoms with van der Waals surface area (Å²) in [5.74, 6) is -0.872. The molecule has 2 N–H and O–H groups in total. The number of nitrogens with one attached hydrogen (secondary N) is 2. The van der Waals surface area contributed by atoms with E-state index in [0.29, 0.717) is 23.5 Å². The maximum atomic E-state index is 13.3. The summed E-state index contributed by atoms with van der Waals surface area (Å²) in [6.07, 6.45) is 0.781. The van der Waals surface area contributed by atoms with Gasteiger partial charge in [-0.15, -0.1) is 0 Å². The van der Waals surface area contributed by atoms with E-state index < -0.39 is 22.5 Å². The number of carbonyl (C=O) groups is 2. The Labute approximate surface area is 188 Å². The highest BCUT2D eigenvalue weighted by Crippen LogP contribution is 2.24. The van der Waals surface area contributed by atoms with Crippen LogP contribution in [-0.4, -0.2) is 33.3 Å². The molecular weight excluding hydrogens is 426 g/mol. The molecule has 166 valence electrons. The Morgan fingerprint density at radius 2 is 1.44 bits per heavy atom. The first-order valence-corrected chi connectivity index (χ1v) is 11.7. The molecule has 0 bridgehead atoms. The van der Waals surface area contributed by atoms with Gasteiger partial charge in [0.2, 0.25) is 5.91 Å². The number of benzene rings is 3. The first-order valence-electron chi connectivity index (χ1n) is 10.2. The van der Waals surface area contributed by atoms with E-state index in [1.165, 1.54) is 12.1 Å². The lowest BCUT2D eigenvalue weighted by molar-refractivity contribution is -0.114. The second kappa shape index (κ2) is 10.6. The Bertz CT molecular complexity index is 1170. The summed E-state index contributed by atoms with van der Waals surface area (Å²) in [5, 5.41) is 5.46. The van der Waals surface area contributed by atoms with Crippen LogP contribution in [0.4, 0.5) is 11.4 Å². The van der Waals surface area contributed by atoms with Crippen LogP contribution < -0.4 is 14.9 Å². The van der Waals surface area contributed by atoms with Gasteiger partial charge in [-0.2, -0.15) is 0 Å². The summed E-state index contributed by atoms with van der Waals surface area (Å²) in [5.41, 5.74) is 0.989. The Kier molecular flexibility index (Phi) is 7.62. The van der Waals surface area contributed by atoms with Gasteiger partial charge in [-0.05, 0) is 42.8 Å². The predicted octanol–water partition coefficient (Wildman–Crippen LogP) is 3.66. The van der Waals surface area contributed by atoms with Gasteiger partial charge in [0, 0.05) is 6.54 Å². The molecule has 0 spiro atoms. The molecule has 0 aliphatic heterocycles. The number of rotatable bonds is 9. The summed E-state index contributed by atoms with van der Waals surface area (Å²) in [4.78, 5) is 25.4. The van der Waals surface area contributed by atoms with E-state index in [1.54, 1.807) is 72.8 Å². The molecule has 0 unspecified atom stereocenters. The zero-order chi connectivity index (χ0) is 23.0. The summed E-state index contributed by atoms with van der Waals surface area (Å²) in [7, 11) is -3.99. The molecular formula is C24H25N3O4S. The zero-order valence-corrected chi connectivity index (χ0v) is 18.5. The van der Waals surface area contributed by atoms with Crippen LogP contribution >= 0.6 is 0 Å². The summed E-state index contributed by atoms with van der Waals surface area (Å²) < 4.78 is 27.6. The fourth-order valence-electron chi connectivity index (χ4n) is 3.07. The van der Waals surface area contributed by atoms with Crippen molar-refractivity contribution < 1.29 is 18.0 Å². The number of carbonyl (C=O) groups excluding carboxylic acids is 2. The molecule has 0 aromatic heterocycles. The van der Waals surface area contributed by atoms with Crippen molar-refractivity contribution in [3.05, 3.63) is 90.5 Å². The second-order valence-corrected chi connectivity index (χ2v) is 8.87. The molecule has 0 atom stereocenters. The number of para-hydroxylation sites is 2. The lowest BCUT2D eigenvalue weighted by Gasteiger charge is -2.24. The van der Waals surface area contributed by atoms with Gasteiger partial charge in [0.1, 0.15) is 6.54 Å². The molecule has 32 heavy (non-hydrogen) atoms. The molecule has 8 heteroatoms. The summed E-state index contributed by atoms with van der Waals surface area (Å²) in [6.45, 7) is 2.00. The van der Waals surface area contributed by atoms with Crippen LogP contribution in [0.2, 0.25) is 0 Å². The lowest BCUT2D eigenvalue weighted by atomic mass is 10.1. The molecule has 0 heterocycles. The van der Waals surface area contributed by atoms with Crippen LogP contribution in [0.1, 0.15) is 23.7 Å². The molecule has 7 nitrogen and oxygen atoms in total. The second-order valence-electron chi connectivity index (χ2n) is 7.01. The average molecular weight is 452 g/mol. The fraction of sp³-hybridized carbons (Fsp3) is 0.167. The third-order valence-electron chi connectivity index (χ3n) is 4.64. The van der Waals surface area contributed by atoms with Crippen molar-refractivity contribution in [1.29, 1.82) is 0 Å². The summed E-state index contributed by atoms with van der Waals surface area (Å²) >= 11 is 0. The van der Waals surface area contributed by atoms with Gasteiger partial charge in [0.15, 0.2) is 0 Å². The molecule has 0 aliphatic carbocycles. The number of hydrogen-bond donors (Lipinski definition) is 2. The zero-order valence-electron chi connectivity index (χ0n) is 17.7. The van der Waals surface area contributed by atoms with Gasteiger partial charge in [0.05, 0.1) is 21.8 Å². The Morgan fingerprint density at radius 1 is 0.844 bits per heavy atom. The lowest BCUT2D eigenvalue weighted by Crippen LogP contribution is -2.38. The molecule has 3 rings (SSSR count). The van der Waals surface area contributed by atoms with Crippen molar-refractivity contribution >= 4 is 33.2 Å². The van der Waals surface area contributed by atoms with E-state index in [-0.39, 0.29) is 10.8 Å². The van der Waals surface area contributed by atoms with E-state index in [0.717, 1.165) is 10.7 Å². The maximum absolute atomic E-state index is 13.3. The number of sulfonamides is 1. The van der Waals surface area contributed by atoms with E-state index in [9.17, 15) is 18.0 Å². The summed E-state index contributed by atoms with van der Waals surface area (Å²) in [6, 6.07) is 23.0. The predicted molar refractivity (Wildman–Crippen MR) is 125 cm³/mol. The van der Waals surface area contributed by atoms with Crippen LogP contribution in [-0.2, 0) is 14.8 Å². The maximum Gasteiger partial charge on any atom is 0.264 e. The van der Waals surface area contributed by atoms with Crippen molar-refractivity contribution in [3.8, 4) is 0 Å². The van der Waals surface area contributed by atoms with Gasteiger partial charge in [-0.3, -0.25) is 13.9 Å². The van der Waals surface area contributed by atoms with Crippen molar-refractivity contribution in [1.82, 2.24) is 5.32 Å². The van der Waals surface area contributed by atoms with Crippen LogP contribution in [0.25, 0.3) is 0 Å². The highest BCUT2D eigenvalue weighted by Gasteiger charge is 2.27. The standard InChI is InChI=1S/C24H25N3O4S/c1-2-17-25-24(29)21-15-9-10-16-22(21)26-23(28)18-27(19-11-5-3-6-12-19)32(30,31)20-13-7-4-8-14-20/h3-16H,2,17-18H2,1H3,(H,25,29)(H,26,28). The van der Waals surface area contributed by atoms with Crippen LogP contribution in [0, 0.1) is 0 Å². The molecule has 2 amide bonds. The monoisotopic (exact) mass is 451 g/mol. The average Bonchev–Trinajstić information content (AvgIpc) is 2.82. The Hall–Kier alpha value is -3.65. The van der Waals surface area contributed by atoms with Crippen molar-refractivity contribution in [2.24, 2.45) is 0 Å². The minimum absolute atomic E-state index is 0.0796. The molecule has 0 fully saturated rings. The van der Waals surface area contributed by atoms with Crippen LogP contribution in [0.3, 0.4) is 0 Å². The molecule has 0 saturated heterocycles. The SMILES string of the molecule is CCCNC(=O)c1ccccc1NC(=O)CN(c1ccccc1)S(=O)(=O)c1ccccc1. The molecule has 3 aromatic rings. The first kappa shape index (κ1) is 23.0.